The monoisotopic (exact) mass is 387 g/mol. The van der Waals surface area contributed by atoms with Gasteiger partial charge in [0.15, 0.2) is 0 Å². The molecule has 2 aromatic carbocycles. The van der Waals surface area contributed by atoms with Gasteiger partial charge in [-0.25, -0.2) is 0 Å². The molecule has 1 aromatic heterocycles. The Bertz CT molecular complexity index is 1060. The molecule has 0 aliphatic carbocycles. The van der Waals surface area contributed by atoms with E-state index in [4.69, 9.17) is 9.84 Å². The van der Waals surface area contributed by atoms with Gasteiger partial charge >= 0.3 is 0 Å². The fourth-order valence-electron chi connectivity index (χ4n) is 3.99. The third kappa shape index (κ3) is 3.99. The van der Waals surface area contributed by atoms with Crippen LogP contribution in [0.4, 0.5) is 0 Å². The van der Waals surface area contributed by atoms with Crippen LogP contribution >= 0.6 is 0 Å². The lowest BCUT2D eigenvalue weighted by molar-refractivity contribution is 0.174. The normalized spacial score (nSPS) is 13.9. The van der Waals surface area contributed by atoms with E-state index in [-0.39, 0.29) is 0 Å². The molecule has 4 nitrogen and oxygen atoms in total. The molecule has 0 bridgehead atoms. The molecule has 0 unspecified atom stereocenters. The van der Waals surface area contributed by atoms with Gasteiger partial charge in [0.05, 0.1) is 24.6 Å². The van der Waals surface area contributed by atoms with E-state index in [9.17, 15) is 0 Å². The number of hydrazone groups is 1. The molecule has 0 saturated heterocycles. The number of hydrogen-bond acceptors (Lipinski definition) is 3. The molecule has 0 amide bonds. The molecular formula is C25H29N3O. The first kappa shape index (κ1) is 19.5. The van der Waals surface area contributed by atoms with Crippen LogP contribution < -0.4 is 0 Å². The Hall–Kier alpha value is -2.85. The van der Waals surface area contributed by atoms with Gasteiger partial charge in [-0.3, -0.25) is 5.01 Å². The summed E-state index contributed by atoms with van der Waals surface area (Å²) in [6.07, 6.45) is 5.40. The topological polar surface area (TPSA) is 29.8 Å². The van der Waals surface area contributed by atoms with Crippen LogP contribution in [0, 0.1) is 5.92 Å². The minimum Gasteiger partial charge on any atom is -0.383 e. The maximum Gasteiger partial charge on any atom is 0.0706 e. The van der Waals surface area contributed by atoms with Crippen LogP contribution in [0.3, 0.4) is 0 Å². The van der Waals surface area contributed by atoms with Gasteiger partial charge in [0.25, 0.3) is 0 Å². The van der Waals surface area contributed by atoms with Crippen molar-refractivity contribution in [2.75, 3.05) is 20.3 Å². The quantitative estimate of drug-likeness (QED) is 0.545. The highest BCUT2D eigenvalue weighted by molar-refractivity contribution is 6.06. The molecule has 1 aliphatic rings. The Morgan fingerprint density at radius 2 is 1.79 bits per heavy atom. The summed E-state index contributed by atoms with van der Waals surface area (Å²) in [6.45, 7) is 11.0. The van der Waals surface area contributed by atoms with Crippen molar-refractivity contribution >= 4 is 22.2 Å². The zero-order chi connectivity index (χ0) is 20.4. The van der Waals surface area contributed by atoms with Gasteiger partial charge in [0.1, 0.15) is 0 Å². The van der Waals surface area contributed by atoms with Gasteiger partial charge in [0.2, 0.25) is 0 Å². The molecule has 3 aromatic rings. The largest absolute Gasteiger partial charge is 0.383 e. The maximum atomic E-state index is 5.27. The van der Waals surface area contributed by atoms with E-state index in [0.29, 0.717) is 19.1 Å². The fourth-order valence-corrected chi connectivity index (χ4v) is 3.99. The van der Waals surface area contributed by atoms with Crippen molar-refractivity contribution in [3.05, 3.63) is 78.1 Å². The van der Waals surface area contributed by atoms with Crippen molar-refractivity contribution < 1.29 is 4.74 Å². The third-order valence-electron chi connectivity index (χ3n) is 5.40. The number of nitrogens with zero attached hydrogens (tertiary/aromatic N) is 3. The van der Waals surface area contributed by atoms with E-state index < -0.39 is 0 Å². The maximum absolute atomic E-state index is 5.27. The Balaban J connectivity index is 1.69. The molecule has 0 atom stereocenters. The van der Waals surface area contributed by atoms with Gasteiger partial charge < -0.3 is 9.30 Å². The highest BCUT2D eigenvalue weighted by atomic mass is 16.5. The lowest BCUT2D eigenvalue weighted by Gasteiger charge is -2.27. The lowest BCUT2D eigenvalue weighted by Crippen LogP contribution is -2.27. The van der Waals surface area contributed by atoms with E-state index in [1.807, 2.05) is 5.01 Å². The second-order valence-electron chi connectivity index (χ2n) is 8.10. The summed E-state index contributed by atoms with van der Waals surface area (Å²) >= 11 is 0. The molecule has 4 rings (SSSR count). The molecule has 0 radical (unpaired) electrons. The standard InChI is InChI=1S/C25H29N3O/c1-18(2)14-25-24-17-27(16-23(24)19(3)28(26-25)12-13-29-4)15-21-10-7-9-20-8-5-6-11-22(20)21/h5-11,16-18H,3,12-15H2,1-2,4H3. The smallest absolute Gasteiger partial charge is 0.0706 e. The van der Waals surface area contributed by atoms with Gasteiger partial charge in [-0.15, -0.1) is 0 Å². The molecule has 1 aliphatic heterocycles. The fraction of sp³-hybridized carbons (Fsp3) is 0.320. The van der Waals surface area contributed by atoms with Crippen LogP contribution in [0.2, 0.25) is 0 Å². The average molecular weight is 388 g/mol. The van der Waals surface area contributed by atoms with Crippen molar-refractivity contribution in [3.63, 3.8) is 0 Å². The minimum absolute atomic E-state index is 0.540. The van der Waals surface area contributed by atoms with Crippen LogP contribution in [0.25, 0.3) is 16.5 Å². The summed E-state index contributed by atoms with van der Waals surface area (Å²) < 4.78 is 7.54. The van der Waals surface area contributed by atoms with Crippen LogP contribution in [-0.4, -0.2) is 35.5 Å². The van der Waals surface area contributed by atoms with Gasteiger partial charge in [-0.2, -0.15) is 5.10 Å². The molecule has 2 heterocycles. The zero-order valence-electron chi connectivity index (χ0n) is 17.6. The number of hydrogen-bond donors (Lipinski definition) is 0. The number of aromatic nitrogens is 1. The summed E-state index contributed by atoms with van der Waals surface area (Å²) in [7, 11) is 1.72. The first-order valence-corrected chi connectivity index (χ1v) is 10.3. The van der Waals surface area contributed by atoms with Crippen molar-refractivity contribution in [2.24, 2.45) is 11.0 Å². The molecule has 0 N–H and O–H groups in total. The second-order valence-corrected chi connectivity index (χ2v) is 8.10. The molecule has 0 saturated carbocycles. The zero-order valence-corrected chi connectivity index (χ0v) is 17.6. The van der Waals surface area contributed by atoms with Gasteiger partial charge in [-0.1, -0.05) is 62.9 Å². The molecule has 29 heavy (non-hydrogen) atoms. The Kier molecular flexibility index (Phi) is 5.54. The number of benzene rings is 2. The first-order chi connectivity index (χ1) is 14.1. The van der Waals surface area contributed by atoms with Crippen LogP contribution in [0.5, 0.6) is 0 Å². The van der Waals surface area contributed by atoms with Gasteiger partial charge in [-0.05, 0) is 28.7 Å². The molecule has 0 spiro atoms. The van der Waals surface area contributed by atoms with Crippen LogP contribution in [0.15, 0.2) is 66.5 Å². The SMILES string of the molecule is C=C1c2cn(Cc3cccc4ccccc34)cc2C(CC(C)C)=NN1CCOC. The second kappa shape index (κ2) is 8.26. The third-order valence-corrected chi connectivity index (χ3v) is 5.40. The predicted octanol–water partition coefficient (Wildman–Crippen LogP) is 5.37. The van der Waals surface area contributed by atoms with E-state index in [2.05, 4.69) is 79.9 Å². The Labute approximate surface area is 173 Å². The number of methoxy groups -OCH3 is 1. The number of fused-ring (bicyclic) bond motifs is 2. The highest BCUT2D eigenvalue weighted by Crippen LogP contribution is 2.31. The highest BCUT2D eigenvalue weighted by Gasteiger charge is 2.25. The van der Waals surface area contributed by atoms with E-state index in [1.165, 1.54) is 27.5 Å². The molecule has 0 fully saturated rings. The van der Waals surface area contributed by atoms with Crippen molar-refractivity contribution in [3.8, 4) is 0 Å². The summed E-state index contributed by atoms with van der Waals surface area (Å²) in [4.78, 5) is 0. The average Bonchev–Trinajstić information content (AvgIpc) is 3.14. The molecular weight excluding hydrogens is 358 g/mol. The molecule has 150 valence electrons. The summed E-state index contributed by atoms with van der Waals surface area (Å²) in [5.41, 5.74) is 5.78. The van der Waals surface area contributed by atoms with E-state index in [0.717, 1.165) is 24.4 Å². The summed E-state index contributed by atoms with van der Waals surface area (Å²) in [5, 5.41) is 9.48. The first-order valence-electron chi connectivity index (χ1n) is 10.3. The molecule has 4 heteroatoms. The summed E-state index contributed by atoms with van der Waals surface area (Å²) in [5.74, 6) is 0.540. The lowest BCUT2D eigenvalue weighted by atomic mass is 9.97. The summed E-state index contributed by atoms with van der Waals surface area (Å²) in [6, 6.07) is 15.1. The number of rotatable bonds is 7. The predicted molar refractivity (Wildman–Crippen MR) is 121 cm³/mol. The Morgan fingerprint density at radius 3 is 2.59 bits per heavy atom. The van der Waals surface area contributed by atoms with Crippen LogP contribution in [-0.2, 0) is 11.3 Å². The Morgan fingerprint density at radius 1 is 1.03 bits per heavy atom. The van der Waals surface area contributed by atoms with Crippen molar-refractivity contribution in [2.45, 2.75) is 26.8 Å². The number of ether oxygens (including phenoxy) is 1. The van der Waals surface area contributed by atoms with Crippen LogP contribution in [0.1, 0.15) is 37.0 Å². The van der Waals surface area contributed by atoms with Crippen molar-refractivity contribution in [1.82, 2.24) is 9.58 Å². The van der Waals surface area contributed by atoms with Gasteiger partial charge in [0, 0.05) is 37.2 Å². The van der Waals surface area contributed by atoms with Crippen molar-refractivity contribution in [1.29, 1.82) is 0 Å². The van der Waals surface area contributed by atoms with E-state index in [1.54, 1.807) is 7.11 Å². The minimum atomic E-state index is 0.540. The van der Waals surface area contributed by atoms with E-state index >= 15 is 0 Å².